The van der Waals surface area contributed by atoms with Gasteiger partial charge in [0, 0.05) is 3.57 Å². The third-order valence-corrected chi connectivity index (χ3v) is 12.0. The highest BCUT2D eigenvalue weighted by molar-refractivity contribution is 14.1. The van der Waals surface area contributed by atoms with Crippen molar-refractivity contribution in [2.75, 3.05) is 13.2 Å². The molecule has 0 saturated carbocycles. The van der Waals surface area contributed by atoms with Gasteiger partial charge in [0.1, 0.15) is 6.61 Å². The Labute approximate surface area is 359 Å². The van der Waals surface area contributed by atoms with E-state index < -0.39 is 0 Å². The highest BCUT2D eigenvalue weighted by Crippen LogP contribution is 2.34. The zero-order valence-electron chi connectivity index (χ0n) is 36.7. The van der Waals surface area contributed by atoms with Gasteiger partial charge in [0.25, 0.3) is 0 Å². The fraction of sp³-hybridized carbons (Fsp3) is 0.745. The minimum Gasteiger partial charge on any atom is -0.490 e. The summed E-state index contributed by atoms with van der Waals surface area (Å²) in [6, 6.07) is 11.6. The average Bonchev–Trinajstić information content (AvgIpc) is 3.20. The molecule has 0 radical (unpaired) electrons. The number of rotatable bonds is 39. The maximum atomic E-state index is 12.7. The van der Waals surface area contributed by atoms with E-state index in [1.165, 1.54) is 193 Å². The fourth-order valence-corrected chi connectivity index (χ4v) is 8.02. The molecule has 56 heavy (non-hydrogen) atoms. The fourth-order valence-electron chi connectivity index (χ4n) is 7.66. The Morgan fingerprint density at radius 2 is 0.839 bits per heavy atom. The summed E-state index contributed by atoms with van der Waals surface area (Å²) in [7, 11) is 0. The van der Waals surface area contributed by atoms with Gasteiger partial charge in [-0.1, -0.05) is 206 Å². The molecule has 2 rings (SSSR count). The van der Waals surface area contributed by atoms with Crippen LogP contribution in [0.4, 0.5) is 0 Å². The Morgan fingerprint density at radius 3 is 1.23 bits per heavy atom. The van der Waals surface area contributed by atoms with Gasteiger partial charge in [-0.15, -0.1) is 0 Å². The van der Waals surface area contributed by atoms with Crippen LogP contribution in [0.3, 0.4) is 0 Å². The topological polar surface area (TPSA) is 44.8 Å². The normalized spacial score (nSPS) is 11.3. The molecule has 0 unspecified atom stereocenters. The molecule has 0 bridgehead atoms. The van der Waals surface area contributed by atoms with Crippen molar-refractivity contribution in [2.45, 2.75) is 233 Å². The van der Waals surface area contributed by atoms with Crippen molar-refractivity contribution in [1.29, 1.82) is 0 Å². The molecule has 0 saturated heterocycles. The van der Waals surface area contributed by atoms with Gasteiger partial charge in [-0.3, -0.25) is 0 Å². The zero-order chi connectivity index (χ0) is 40.2. The number of hydrogen-bond acceptors (Lipinski definition) is 4. The first-order valence-electron chi connectivity index (χ1n) is 23.9. The number of hydrogen-bond donors (Lipinski definition) is 0. The van der Waals surface area contributed by atoms with Crippen molar-refractivity contribution < 1.29 is 19.0 Å². The van der Waals surface area contributed by atoms with Crippen LogP contribution in [0.1, 0.15) is 241 Å². The number of carbonyl (C=O) groups is 1. The molecule has 0 heterocycles. The van der Waals surface area contributed by atoms with E-state index in [9.17, 15) is 4.79 Å². The van der Waals surface area contributed by atoms with E-state index in [1.807, 2.05) is 30.3 Å². The van der Waals surface area contributed by atoms with Gasteiger partial charge in [0.15, 0.2) is 11.5 Å². The van der Waals surface area contributed by atoms with Gasteiger partial charge < -0.3 is 14.2 Å². The van der Waals surface area contributed by atoms with Crippen LogP contribution in [0.25, 0.3) is 0 Å². The number of ether oxygens (including phenoxy) is 3. The molecule has 2 aromatic rings. The molecular formula is C51H85IO4. The van der Waals surface area contributed by atoms with Crippen LogP contribution in [0.2, 0.25) is 0 Å². The smallest absolute Gasteiger partial charge is 0.338 e. The Hall–Kier alpha value is -1.76. The summed E-state index contributed by atoms with van der Waals surface area (Å²) in [6.45, 7) is 8.26. The minimum atomic E-state index is -0.307. The molecule has 0 atom stereocenters. The Balaban J connectivity index is 1.66. The molecular weight excluding hydrogens is 803 g/mol. The molecule has 0 aliphatic carbocycles. The zero-order valence-corrected chi connectivity index (χ0v) is 38.9. The van der Waals surface area contributed by atoms with E-state index in [2.05, 4.69) is 49.4 Å². The van der Waals surface area contributed by atoms with Crippen molar-refractivity contribution in [3.63, 3.8) is 0 Å². The van der Waals surface area contributed by atoms with Gasteiger partial charge in [-0.25, -0.2) is 4.79 Å². The van der Waals surface area contributed by atoms with Crippen LogP contribution in [0, 0.1) is 10.5 Å². The van der Waals surface area contributed by atoms with Crippen LogP contribution in [-0.2, 0) is 11.3 Å². The first-order chi connectivity index (χ1) is 27.5. The van der Waals surface area contributed by atoms with E-state index in [0.29, 0.717) is 18.8 Å². The van der Waals surface area contributed by atoms with Gasteiger partial charge >= 0.3 is 5.97 Å². The molecule has 0 fully saturated rings. The van der Waals surface area contributed by atoms with E-state index >= 15 is 0 Å². The van der Waals surface area contributed by atoms with Crippen LogP contribution >= 0.6 is 22.6 Å². The SMILES string of the molecule is CCCCCCCCCCCCCCCCCCOc1cc(COC(=O)c2ccc(I)cc2)cc(C)c1OCCCCCCCCCCCCCCCCCC. The molecule has 0 aromatic heterocycles. The van der Waals surface area contributed by atoms with Crippen molar-refractivity contribution in [1.82, 2.24) is 0 Å². The van der Waals surface area contributed by atoms with E-state index in [0.717, 1.165) is 39.0 Å². The second-order valence-corrected chi connectivity index (χ2v) is 17.9. The lowest BCUT2D eigenvalue weighted by atomic mass is 10.0. The molecule has 4 nitrogen and oxygen atoms in total. The molecule has 0 N–H and O–H groups in total. The minimum absolute atomic E-state index is 0.209. The predicted octanol–water partition coefficient (Wildman–Crippen LogP) is 17.2. The molecule has 2 aromatic carbocycles. The van der Waals surface area contributed by atoms with Crippen LogP contribution in [0.15, 0.2) is 36.4 Å². The number of esters is 1. The number of carbonyl (C=O) groups excluding carboxylic acids is 1. The Morgan fingerprint density at radius 1 is 0.482 bits per heavy atom. The van der Waals surface area contributed by atoms with Gasteiger partial charge in [0.2, 0.25) is 0 Å². The number of halogens is 1. The lowest BCUT2D eigenvalue weighted by Gasteiger charge is -2.17. The van der Waals surface area contributed by atoms with Crippen LogP contribution in [-0.4, -0.2) is 19.2 Å². The molecule has 0 aliphatic rings. The summed E-state index contributed by atoms with van der Waals surface area (Å²) in [6.07, 6.45) is 43.5. The number of unbranched alkanes of at least 4 members (excludes halogenated alkanes) is 30. The molecule has 5 heteroatoms. The summed E-state index contributed by atoms with van der Waals surface area (Å²) in [5.41, 5.74) is 2.53. The maximum Gasteiger partial charge on any atom is 0.338 e. The summed E-state index contributed by atoms with van der Waals surface area (Å²) in [5.74, 6) is 1.32. The van der Waals surface area contributed by atoms with Crippen LogP contribution < -0.4 is 9.47 Å². The van der Waals surface area contributed by atoms with E-state index in [4.69, 9.17) is 14.2 Å². The first kappa shape index (κ1) is 50.4. The summed E-state index contributed by atoms with van der Waals surface area (Å²) in [4.78, 5) is 12.7. The molecule has 0 amide bonds. The van der Waals surface area contributed by atoms with Gasteiger partial charge in [-0.2, -0.15) is 0 Å². The standard InChI is InChI=1S/C51H85IO4/c1-4-6-8-10-12-14-16-18-20-22-24-26-28-30-32-34-40-54-49-43-46(44-56-51(53)47-36-38-48(52)39-37-47)42-45(3)50(49)55-41-35-33-31-29-27-25-23-21-19-17-15-13-11-9-7-5-2/h36-39,42-43H,4-35,40-41,44H2,1-3H3. The third kappa shape index (κ3) is 27.0. The lowest BCUT2D eigenvalue weighted by Crippen LogP contribution is -2.08. The molecule has 0 aliphatic heterocycles. The summed E-state index contributed by atoms with van der Waals surface area (Å²) >= 11 is 2.24. The monoisotopic (exact) mass is 889 g/mol. The second kappa shape index (κ2) is 36.3. The number of benzene rings is 2. The lowest BCUT2D eigenvalue weighted by molar-refractivity contribution is 0.0472. The van der Waals surface area contributed by atoms with Crippen molar-refractivity contribution in [3.05, 3.63) is 56.7 Å². The Kier molecular flexibility index (Phi) is 32.7. The van der Waals surface area contributed by atoms with Gasteiger partial charge in [-0.05, 0) is 89.9 Å². The average molecular weight is 889 g/mol. The Bertz CT molecular complexity index is 1200. The highest BCUT2D eigenvalue weighted by Gasteiger charge is 2.14. The predicted molar refractivity (Wildman–Crippen MR) is 250 cm³/mol. The summed E-state index contributed by atoms with van der Waals surface area (Å²) in [5, 5.41) is 0. The maximum absolute atomic E-state index is 12.7. The highest BCUT2D eigenvalue weighted by atomic mass is 127. The first-order valence-corrected chi connectivity index (χ1v) is 24.9. The van der Waals surface area contributed by atoms with Crippen molar-refractivity contribution in [3.8, 4) is 11.5 Å². The van der Waals surface area contributed by atoms with E-state index in [-0.39, 0.29) is 12.6 Å². The summed E-state index contributed by atoms with van der Waals surface area (Å²) < 4.78 is 19.6. The van der Waals surface area contributed by atoms with Crippen LogP contribution in [0.5, 0.6) is 11.5 Å². The van der Waals surface area contributed by atoms with Crippen molar-refractivity contribution in [2.24, 2.45) is 0 Å². The quantitative estimate of drug-likeness (QED) is 0.0381. The van der Waals surface area contributed by atoms with Crippen molar-refractivity contribution >= 4 is 28.6 Å². The van der Waals surface area contributed by atoms with Gasteiger partial charge in [0.05, 0.1) is 18.8 Å². The second-order valence-electron chi connectivity index (χ2n) is 16.6. The molecule has 0 spiro atoms. The largest absolute Gasteiger partial charge is 0.490 e. The number of aryl methyl sites for hydroxylation is 1. The molecule has 320 valence electrons. The third-order valence-electron chi connectivity index (χ3n) is 11.2. The van der Waals surface area contributed by atoms with E-state index in [1.54, 1.807) is 0 Å².